The average Bonchev–Trinajstić information content (AvgIpc) is 2.91. The molecule has 0 saturated heterocycles. The molecule has 0 radical (unpaired) electrons. The molecule has 0 spiro atoms. The highest BCUT2D eigenvalue weighted by Crippen LogP contribution is 2.35. The van der Waals surface area contributed by atoms with Gasteiger partial charge in [0.05, 0.1) is 16.8 Å². The fraction of sp³-hybridized carbons (Fsp3) is 0.500. The van der Waals surface area contributed by atoms with E-state index in [-0.39, 0.29) is 0 Å². The lowest BCUT2D eigenvalue weighted by molar-refractivity contribution is 0.239. The van der Waals surface area contributed by atoms with Crippen LogP contribution in [0.5, 0.6) is 0 Å². The predicted molar refractivity (Wildman–Crippen MR) is 79.3 cm³/mol. The first-order valence-corrected chi connectivity index (χ1v) is 7.38. The smallest absolute Gasteiger partial charge is 0.182 e. The molecule has 6 heteroatoms. The number of aromatic nitrogens is 4. The lowest BCUT2D eigenvalue weighted by Crippen LogP contribution is -2.23. The minimum absolute atomic E-state index is 0.366. The molecule has 1 fully saturated rings. The maximum absolute atomic E-state index is 6.09. The molecular weight excluding hydrogens is 274 g/mol. The number of nitrogens with two attached hydrogens (primary N) is 1. The molecule has 1 aliphatic carbocycles. The van der Waals surface area contributed by atoms with Crippen LogP contribution in [0.3, 0.4) is 0 Å². The standard InChI is InChI=1S/C14H18ClN5/c1-9-4-2-3-5-13(9)20-14(17-18-19-20)10-6-7-12(16)11(15)8-10/h6-9,13H,2-5,16H2,1H3. The molecular formula is C14H18ClN5. The van der Waals surface area contributed by atoms with Gasteiger partial charge < -0.3 is 5.73 Å². The van der Waals surface area contributed by atoms with E-state index in [9.17, 15) is 0 Å². The number of nitrogens with zero attached hydrogens (tertiary/aromatic N) is 4. The number of nitrogen functional groups attached to an aromatic ring is 1. The first kappa shape index (κ1) is 13.4. The summed E-state index contributed by atoms with van der Waals surface area (Å²) in [6, 6.07) is 5.90. The van der Waals surface area contributed by atoms with Gasteiger partial charge in [-0.05, 0) is 47.4 Å². The molecule has 1 aromatic carbocycles. The van der Waals surface area contributed by atoms with Crippen LogP contribution >= 0.6 is 11.6 Å². The second-order valence-electron chi connectivity index (χ2n) is 5.51. The Labute approximate surface area is 123 Å². The van der Waals surface area contributed by atoms with Crippen molar-refractivity contribution in [3.8, 4) is 11.4 Å². The van der Waals surface area contributed by atoms with Crippen LogP contribution in [0.25, 0.3) is 11.4 Å². The normalized spacial score (nSPS) is 22.9. The Kier molecular flexibility index (Phi) is 3.61. The summed E-state index contributed by atoms with van der Waals surface area (Å²) in [6.45, 7) is 2.27. The number of hydrogen-bond acceptors (Lipinski definition) is 4. The molecule has 2 N–H and O–H groups in total. The largest absolute Gasteiger partial charge is 0.398 e. The van der Waals surface area contributed by atoms with Gasteiger partial charge in [0.25, 0.3) is 0 Å². The van der Waals surface area contributed by atoms with Crippen LogP contribution in [0.15, 0.2) is 18.2 Å². The van der Waals surface area contributed by atoms with E-state index in [0.29, 0.717) is 22.7 Å². The summed E-state index contributed by atoms with van der Waals surface area (Å²) in [7, 11) is 0. The van der Waals surface area contributed by atoms with Crippen LogP contribution in [-0.4, -0.2) is 20.2 Å². The van der Waals surface area contributed by atoms with Crippen molar-refractivity contribution >= 4 is 17.3 Å². The van der Waals surface area contributed by atoms with Crippen LogP contribution in [0.4, 0.5) is 5.69 Å². The van der Waals surface area contributed by atoms with E-state index in [1.807, 2.05) is 16.8 Å². The Morgan fingerprint density at radius 3 is 2.85 bits per heavy atom. The van der Waals surface area contributed by atoms with Crippen molar-refractivity contribution in [3.05, 3.63) is 23.2 Å². The summed E-state index contributed by atoms with van der Waals surface area (Å²) < 4.78 is 1.95. The lowest BCUT2D eigenvalue weighted by atomic mass is 9.86. The molecule has 1 saturated carbocycles. The molecule has 20 heavy (non-hydrogen) atoms. The average molecular weight is 292 g/mol. The van der Waals surface area contributed by atoms with Gasteiger partial charge >= 0.3 is 0 Å². The summed E-state index contributed by atoms with van der Waals surface area (Å²) in [4.78, 5) is 0. The topological polar surface area (TPSA) is 69.6 Å². The molecule has 0 amide bonds. The highest BCUT2D eigenvalue weighted by atomic mass is 35.5. The van der Waals surface area contributed by atoms with Crippen LogP contribution in [-0.2, 0) is 0 Å². The fourth-order valence-corrected chi connectivity index (χ4v) is 3.11. The van der Waals surface area contributed by atoms with Gasteiger partial charge in [0.15, 0.2) is 5.82 Å². The molecule has 2 aromatic rings. The Hall–Kier alpha value is -1.62. The zero-order valence-corrected chi connectivity index (χ0v) is 12.2. The third-order valence-corrected chi connectivity index (χ3v) is 4.46. The fourth-order valence-electron chi connectivity index (χ4n) is 2.93. The molecule has 1 aromatic heterocycles. The first-order chi connectivity index (χ1) is 9.66. The van der Waals surface area contributed by atoms with E-state index in [2.05, 4.69) is 22.4 Å². The van der Waals surface area contributed by atoms with Gasteiger partial charge in [-0.1, -0.05) is 31.4 Å². The van der Waals surface area contributed by atoms with E-state index < -0.39 is 0 Å². The van der Waals surface area contributed by atoms with Crippen LogP contribution in [0, 0.1) is 5.92 Å². The Bertz CT molecular complexity index is 609. The molecule has 0 aliphatic heterocycles. The van der Waals surface area contributed by atoms with E-state index >= 15 is 0 Å². The van der Waals surface area contributed by atoms with Crippen molar-refractivity contribution in [2.45, 2.75) is 38.6 Å². The summed E-state index contributed by atoms with van der Waals surface area (Å²) in [5.41, 5.74) is 7.23. The summed E-state index contributed by atoms with van der Waals surface area (Å²) in [6.07, 6.45) is 4.88. The van der Waals surface area contributed by atoms with E-state index in [1.165, 1.54) is 19.3 Å². The Morgan fingerprint density at radius 1 is 1.30 bits per heavy atom. The van der Waals surface area contributed by atoms with E-state index in [1.54, 1.807) is 6.07 Å². The van der Waals surface area contributed by atoms with Gasteiger partial charge in [0.2, 0.25) is 0 Å². The molecule has 2 atom stereocenters. The molecule has 3 rings (SSSR count). The third kappa shape index (κ3) is 2.38. The molecule has 5 nitrogen and oxygen atoms in total. The molecule has 0 bridgehead atoms. The molecule has 2 unspecified atom stereocenters. The van der Waals surface area contributed by atoms with Crippen molar-refractivity contribution < 1.29 is 0 Å². The zero-order valence-electron chi connectivity index (χ0n) is 11.5. The maximum atomic E-state index is 6.09. The van der Waals surface area contributed by atoms with Crippen molar-refractivity contribution in [1.29, 1.82) is 0 Å². The number of benzene rings is 1. The Balaban J connectivity index is 1.98. The van der Waals surface area contributed by atoms with Gasteiger partial charge in [-0.2, -0.15) is 0 Å². The number of halogens is 1. The van der Waals surface area contributed by atoms with Gasteiger partial charge in [0, 0.05) is 5.56 Å². The predicted octanol–water partition coefficient (Wildman–Crippen LogP) is 3.33. The SMILES string of the molecule is CC1CCCCC1n1nnnc1-c1ccc(N)c(Cl)c1. The van der Waals surface area contributed by atoms with Gasteiger partial charge in [-0.25, -0.2) is 4.68 Å². The van der Waals surface area contributed by atoms with Gasteiger partial charge in [-0.15, -0.1) is 5.10 Å². The van der Waals surface area contributed by atoms with Crippen molar-refractivity contribution in [2.75, 3.05) is 5.73 Å². The molecule has 1 heterocycles. The second-order valence-corrected chi connectivity index (χ2v) is 5.92. The number of hydrogen-bond donors (Lipinski definition) is 1. The monoisotopic (exact) mass is 291 g/mol. The summed E-state index contributed by atoms with van der Waals surface area (Å²) >= 11 is 6.09. The number of tetrazole rings is 1. The maximum Gasteiger partial charge on any atom is 0.182 e. The van der Waals surface area contributed by atoms with Crippen molar-refractivity contribution in [3.63, 3.8) is 0 Å². The van der Waals surface area contributed by atoms with Crippen LogP contribution in [0.1, 0.15) is 38.6 Å². The van der Waals surface area contributed by atoms with Crippen LogP contribution in [0.2, 0.25) is 5.02 Å². The minimum atomic E-state index is 0.366. The number of anilines is 1. The zero-order chi connectivity index (χ0) is 14.1. The van der Waals surface area contributed by atoms with Crippen molar-refractivity contribution in [2.24, 2.45) is 5.92 Å². The highest BCUT2D eigenvalue weighted by molar-refractivity contribution is 6.33. The quantitative estimate of drug-likeness (QED) is 0.862. The third-order valence-electron chi connectivity index (χ3n) is 4.13. The Morgan fingerprint density at radius 2 is 2.10 bits per heavy atom. The highest BCUT2D eigenvalue weighted by Gasteiger charge is 2.26. The van der Waals surface area contributed by atoms with Crippen LogP contribution < -0.4 is 5.73 Å². The van der Waals surface area contributed by atoms with Gasteiger partial charge in [-0.3, -0.25) is 0 Å². The summed E-state index contributed by atoms with van der Waals surface area (Å²) in [5, 5.41) is 12.8. The van der Waals surface area contributed by atoms with Crippen molar-refractivity contribution in [1.82, 2.24) is 20.2 Å². The van der Waals surface area contributed by atoms with E-state index in [4.69, 9.17) is 17.3 Å². The first-order valence-electron chi connectivity index (χ1n) is 7.00. The number of rotatable bonds is 2. The van der Waals surface area contributed by atoms with E-state index in [0.717, 1.165) is 17.8 Å². The lowest BCUT2D eigenvalue weighted by Gasteiger charge is -2.29. The second kappa shape index (κ2) is 5.40. The van der Waals surface area contributed by atoms with Gasteiger partial charge in [0.1, 0.15) is 0 Å². The molecule has 106 valence electrons. The molecule has 1 aliphatic rings. The summed E-state index contributed by atoms with van der Waals surface area (Å²) in [5.74, 6) is 1.36. The minimum Gasteiger partial charge on any atom is -0.398 e.